The number of rotatable bonds is 6. The summed E-state index contributed by atoms with van der Waals surface area (Å²) >= 11 is 3.44. The molecule has 3 amide bonds. The van der Waals surface area contributed by atoms with E-state index in [2.05, 4.69) is 21.2 Å². The van der Waals surface area contributed by atoms with Crippen molar-refractivity contribution in [3.8, 4) is 0 Å². The Balaban J connectivity index is 1.42. The number of ether oxygens (including phenoxy) is 1. The highest BCUT2D eigenvalue weighted by atomic mass is 79.9. The van der Waals surface area contributed by atoms with Crippen molar-refractivity contribution in [2.75, 3.05) is 44.2 Å². The topological polar surface area (TPSA) is 116 Å². The van der Waals surface area contributed by atoms with Gasteiger partial charge in [-0.25, -0.2) is 13.2 Å². The molecular formula is C25H35BrN4O6S. The number of likely N-dealkylation sites (tertiary alicyclic amines) is 1. The monoisotopic (exact) mass is 598 g/mol. The first kappa shape index (κ1) is 27.8. The molecule has 1 N–H and O–H groups in total. The second kappa shape index (κ2) is 11.7. The zero-order valence-electron chi connectivity index (χ0n) is 21.4. The van der Waals surface area contributed by atoms with Gasteiger partial charge in [-0.2, -0.15) is 4.31 Å². The zero-order valence-corrected chi connectivity index (χ0v) is 23.8. The van der Waals surface area contributed by atoms with Gasteiger partial charge in [0.2, 0.25) is 21.8 Å². The van der Waals surface area contributed by atoms with Crippen molar-refractivity contribution in [2.45, 2.75) is 63.3 Å². The molecule has 0 radical (unpaired) electrons. The first-order chi connectivity index (χ1) is 17.6. The van der Waals surface area contributed by atoms with Crippen LogP contribution in [0.5, 0.6) is 0 Å². The molecule has 0 aliphatic carbocycles. The molecule has 0 saturated carbocycles. The van der Waals surface area contributed by atoms with E-state index >= 15 is 0 Å². The number of hydrogen-bond donors (Lipinski definition) is 1. The third-order valence-corrected chi connectivity index (χ3v) is 10.2. The Morgan fingerprint density at radius 2 is 1.81 bits per heavy atom. The van der Waals surface area contributed by atoms with E-state index in [1.165, 1.54) is 4.31 Å². The number of nitrogens with zero attached hydrogens (tertiary/aromatic N) is 3. The summed E-state index contributed by atoms with van der Waals surface area (Å²) in [5.41, 5.74) is 1.59. The summed E-state index contributed by atoms with van der Waals surface area (Å²) in [7, 11) is -3.88. The SMILES string of the molecule is CCOC(=O)N1CCC(NC(=O)[C@@H]2CCCN(S(=O)(=O)c3cc4c(cc3Br)CCN4C(=O)CC)C2)CC1. The molecule has 0 bridgehead atoms. The quantitative estimate of drug-likeness (QED) is 0.538. The van der Waals surface area contributed by atoms with Crippen LogP contribution in [-0.2, 0) is 30.8 Å². The first-order valence-corrected chi connectivity index (χ1v) is 15.2. The van der Waals surface area contributed by atoms with E-state index in [1.807, 2.05) is 0 Å². The number of piperidine rings is 2. The Morgan fingerprint density at radius 1 is 1.08 bits per heavy atom. The summed E-state index contributed by atoms with van der Waals surface area (Å²) in [4.78, 5) is 40.8. The van der Waals surface area contributed by atoms with Crippen molar-refractivity contribution in [3.05, 3.63) is 22.2 Å². The van der Waals surface area contributed by atoms with Gasteiger partial charge in [-0.05, 0) is 72.7 Å². The maximum absolute atomic E-state index is 13.7. The molecule has 10 nitrogen and oxygen atoms in total. The number of halogens is 1. The first-order valence-electron chi connectivity index (χ1n) is 13.0. The van der Waals surface area contributed by atoms with E-state index in [0.717, 1.165) is 5.56 Å². The average Bonchev–Trinajstić information content (AvgIpc) is 3.31. The number of carbonyl (C=O) groups excluding carboxylic acids is 3. The zero-order chi connectivity index (χ0) is 26.7. The molecule has 1 aromatic rings. The van der Waals surface area contributed by atoms with Crippen molar-refractivity contribution < 1.29 is 27.5 Å². The lowest BCUT2D eigenvalue weighted by molar-refractivity contribution is -0.127. The van der Waals surface area contributed by atoms with Crippen LogP contribution in [0.4, 0.5) is 10.5 Å². The van der Waals surface area contributed by atoms with Gasteiger partial charge in [0.15, 0.2) is 0 Å². The van der Waals surface area contributed by atoms with Gasteiger partial charge in [0.25, 0.3) is 0 Å². The van der Waals surface area contributed by atoms with Gasteiger partial charge in [0, 0.05) is 55.3 Å². The Morgan fingerprint density at radius 3 is 2.49 bits per heavy atom. The fourth-order valence-corrected chi connectivity index (χ4v) is 7.88. The third kappa shape index (κ3) is 5.96. The van der Waals surface area contributed by atoms with E-state index in [9.17, 15) is 22.8 Å². The highest BCUT2D eigenvalue weighted by molar-refractivity contribution is 9.10. The lowest BCUT2D eigenvalue weighted by Gasteiger charge is -2.35. The summed E-state index contributed by atoms with van der Waals surface area (Å²) in [5.74, 6) is -0.632. The molecule has 0 spiro atoms. The molecule has 3 aliphatic heterocycles. The lowest BCUT2D eigenvalue weighted by atomic mass is 9.97. The highest BCUT2D eigenvalue weighted by Gasteiger charge is 2.37. The van der Waals surface area contributed by atoms with Crippen molar-refractivity contribution in [3.63, 3.8) is 0 Å². The van der Waals surface area contributed by atoms with Crippen LogP contribution in [0.1, 0.15) is 51.5 Å². The molecule has 4 rings (SSSR count). The van der Waals surface area contributed by atoms with Crippen LogP contribution >= 0.6 is 15.9 Å². The van der Waals surface area contributed by atoms with Crippen LogP contribution < -0.4 is 10.2 Å². The summed E-state index contributed by atoms with van der Waals surface area (Å²) < 4.78 is 34.3. The van der Waals surface area contributed by atoms with Crippen molar-refractivity contribution >= 4 is 49.5 Å². The Labute approximate surface area is 226 Å². The summed E-state index contributed by atoms with van der Waals surface area (Å²) in [6.45, 7) is 5.90. The number of hydrogen-bond acceptors (Lipinski definition) is 6. The summed E-state index contributed by atoms with van der Waals surface area (Å²) in [5, 5.41) is 3.07. The predicted octanol–water partition coefficient (Wildman–Crippen LogP) is 2.89. The molecule has 37 heavy (non-hydrogen) atoms. The summed E-state index contributed by atoms with van der Waals surface area (Å²) in [6, 6.07) is 3.33. The lowest BCUT2D eigenvalue weighted by Crippen LogP contribution is -2.50. The van der Waals surface area contributed by atoms with Gasteiger partial charge in [-0.1, -0.05) is 6.92 Å². The Bertz CT molecular complexity index is 1150. The molecular weight excluding hydrogens is 564 g/mol. The van der Waals surface area contributed by atoms with Crippen molar-refractivity contribution in [1.29, 1.82) is 0 Å². The normalized spacial score (nSPS) is 21.0. The van der Waals surface area contributed by atoms with Gasteiger partial charge < -0.3 is 19.9 Å². The van der Waals surface area contributed by atoms with E-state index in [0.29, 0.717) is 81.5 Å². The number of nitrogens with one attached hydrogen (secondary N) is 1. The highest BCUT2D eigenvalue weighted by Crippen LogP contribution is 2.37. The number of benzene rings is 1. The van der Waals surface area contributed by atoms with Crippen LogP contribution in [0.2, 0.25) is 0 Å². The van der Waals surface area contributed by atoms with Gasteiger partial charge >= 0.3 is 6.09 Å². The fraction of sp³-hybridized carbons (Fsp3) is 0.640. The number of anilines is 1. The molecule has 1 atom stereocenters. The minimum Gasteiger partial charge on any atom is -0.450 e. The number of amides is 3. The molecule has 0 unspecified atom stereocenters. The van der Waals surface area contributed by atoms with Crippen LogP contribution in [0.25, 0.3) is 0 Å². The second-order valence-electron chi connectivity index (χ2n) is 9.73. The van der Waals surface area contributed by atoms with Gasteiger partial charge in [-0.3, -0.25) is 9.59 Å². The standard InChI is InChI=1S/C25H35BrN4O6S/c1-3-23(31)30-13-7-17-14-20(26)22(15-21(17)30)37(34,35)29-10-5-6-18(16-29)24(32)27-19-8-11-28(12-9-19)25(33)36-4-2/h14-15,18-19H,3-13,16H2,1-2H3,(H,27,32)/t18-/m1/s1. The number of sulfonamides is 1. The van der Waals surface area contributed by atoms with Gasteiger partial charge in [0.05, 0.1) is 17.4 Å². The van der Waals surface area contributed by atoms with Gasteiger partial charge in [-0.15, -0.1) is 0 Å². The molecule has 1 aromatic carbocycles. The molecule has 0 aromatic heterocycles. The Hall–Kier alpha value is -2.18. The second-order valence-corrected chi connectivity index (χ2v) is 12.5. The predicted molar refractivity (Wildman–Crippen MR) is 142 cm³/mol. The van der Waals surface area contributed by atoms with Crippen molar-refractivity contribution in [1.82, 2.24) is 14.5 Å². The van der Waals surface area contributed by atoms with Crippen LogP contribution in [0, 0.1) is 5.92 Å². The van der Waals surface area contributed by atoms with Crippen LogP contribution in [-0.4, -0.2) is 80.9 Å². The largest absolute Gasteiger partial charge is 0.450 e. The minimum atomic E-state index is -3.88. The Kier molecular flexibility index (Phi) is 8.80. The molecule has 204 valence electrons. The fourth-order valence-electron chi connectivity index (χ4n) is 5.29. The number of carbonyl (C=O) groups is 3. The molecule has 2 saturated heterocycles. The smallest absolute Gasteiger partial charge is 0.409 e. The maximum Gasteiger partial charge on any atom is 0.409 e. The summed E-state index contributed by atoms with van der Waals surface area (Å²) in [6.07, 6.45) is 3.17. The van der Waals surface area contributed by atoms with Crippen molar-refractivity contribution in [2.24, 2.45) is 5.92 Å². The third-order valence-electron chi connectivity index (χ3n) is 7.37. The van der Waals surface area contributed by atoms with Gasteiger partial charge in [0.1, 0.15) is 0 Å². The van der Waals surface area contributed by atoms with E-state index in [-0.39, 0.29) is 35.4 Å². The minimum absolute atomic E-state index is 0.0350. The number of fused-ring (bicyclic) bond motifs is 1. The van der Waals surface area contributed by atoms with Crippen LogP contribution in [0.15, 0.2) is 21.5 Å². The maximum atomic E-state index is 13.7. The average molecular weight is 600 g/mol. The van der Waals surface area contributed by atoms with E-state index in [1.54, 1.807) is 35.8 Å². The molecule has 3 aliphatic rings. The van der Waals surface area contributed by atoms with E-state index in [4.69, 9.17) is 4.74 Å². The molecule has 2 fully saturated rings. The molecule has 12 heteroatoms. The van der Waals surface area contributed by atoms with Crippen LogP contribution in [0.3, 0.4) is 0 Å². The van der Waals surface area contributed by atoms with E-state index < -0.39 is 15.9 Å². The molecule has 3 heterocycles.